The van der Waals surface area contributed by atoms with Crippen LogP contribution in [-0.2, 0) is 4.79 Å². The van der Waals surface area contributed by atoms with Gasteiger partial charge in [-0.05, 0) is 44.9 Å². The first-order chi connectivity index (χ1) is 9.63. The molecule has 0 aromatic heterocycles. The Labute approximate surface area is 123 Å². The van der Waals surface area contributed by atoms with Crippen molar-refractivity contribution in [1.29, 1.82) is 0 Å². The zero-order valence-corrected chi connectivity index (χ0v) is 13.1. The maximum atomic E-state index is 12.8. The van der Waals surface area contributed by atoms with E-state index in [2.05, 4.69) is 24.1 Å². The Balaban J connectivity index is 1.59. The fourth-order valence-corrected chi connectivity index (χ4v) is 4.86. The van der Waals surface area contributed by atoms with E-state index in [1.165, 1.54) is 38.5 Å². The molecule has 5 unspecified atom stereocenters. The molecule has 5 atom stereocenters. The molecule has 2 saturated carbocycles. The van der Waals surface area contributed by atoms with Crippen molar-refractivity contribution in [3.8, 4) is 0 Å². The van der Waals surface area contributed by atoms with Crippen LogP contribution in [0.25, 0.3) is 0 Å². The van der Waals surface area contributed by atoms with Crippen LogP contribution in [0.2, 0.25) is 0 Å². The molecule has 3 fully saturated rings. The highest BCUT2D eigenvalue weighted by Gasteiger charge is 2.37. The van der Waals surface area contributed by atoms with Crippen molar-refractivity contribution in [3.05, 3.63) is 0 Å². The molecule has 3 aliphatic rings. The van der Waals surface area contributed by atoms with Gasteiger partial charge in [-0.1, -0.05) is 25.7 Å². The quantitative estimate of drug-likeness (QED) is 0.800. The Morgan fingerprint density at radius 1 is 0.950 bits per heavy atom. The molecular formula is C17H30N2O. The number of fused-ring (bicyclic) bond motifs is 1. The first kappa shape index (κ1) is 14.4. The minimum atomic E-state index is 0.326. The van der Waals surface area contributed by atoms with Crippen LogP contribution in [0.1, 0.15) is 58.8 Å². The van der Waals surface area contributed by atoms with Crippen molar-refractivity contribution < 1.29 is 4.79 Å². The maximum absolute atomic E-state index is 12.8. The molecule has 0 radical (unpaired) electrons. The molecule has 1 saturated heterocycles. The van der Waals surface area contributed by atoms with Crippen molar-refractivity contribution in [1.82, 2.24) is 10.2 Å². The van der Waals surface area contributed by atoms with Crippen LogP contribution < -0.4 is 5.32 Å². The second-order valence-electron chi connectivity index (χ2n) is 7.53. The van der Waals surface area contributed by atoms with Gasteiger partial charge in [0.1, 0.15) is 0 Å². The van der Waals surface area contributed by atoms with Gasteiger partial charge in [-0.25, -0.2) is 0 Å². The Morgan fingerprint density at radius 2 is 1.60 bits per heavy atom. The molecule has 2 aliphatic carbocycles. The van der Waals surface area contributed by atoms with Gasteiger partial charge in [0, 0.05) is 31.1 Å². The molecule has 0 spiro atoms. The van der Waals surface area contributed by atoms with Crippen molar-refractivity contribution >= 4 is 5.91 Å². The van der Waals surface area contributed by atoms with Gasteiger partial charge in [-0.2, -0.15) is 0 Å². The number of amides is 1. The van der Waals surface area contributed by atoms with Crippen LogP contribution >= 0.6 is 0 Å². The van der Waals surface area contributed by atoms with Crippen LogP contribution in [0.4, 0.5) is 0 Å². The van der Waals surface area contributed by atoms with E-state index in [4.69, 9.17) is 0 Å². The van der Waals surface area contributed by atoms with Crippen LogP contribution in [0.15, 0.2) is 0 Å². The minimum Gasteiger partial charge on any atom is -0.339 e. The topological polar surface area (TPSA) is 32.3 Å². The number of rotatable bonds is 1. The Morgan fingerprint density at radius 3 is 2.30 bits per heavy atom. The van der Waals surface area contributed by atoms with Crippen LogP contribution in [0, 0.1) is 17.8 Å². The average Bonchev–Trinajstić information content (AvgIpc) is 2.45. The van der Waals surface area contributed by atoms with Gasteiger partial charge >= 0.3 is 0 Å². The number of carbonyl (C=O) groups excluding carboxylic acids is 1. The monoisotopic (exact) mass is 278 g/mol. The zero-order valence-electron chi connectivity index (χ0n) is 13.1. The lowest BCUT2D eigenvalue weighted by Crippen LogP contribution is -2.57. The lowest BCUT2D eigenvalue weighted by Gasteiger charge is -2.42. The molecular weight excluding hydrogens is 248 g/mol. The van der Waals surface area contributed by atoms with Gasteiger partial charge in [0.05, 0.1) is 0 Å². The van der Waals surface area contributed by atoms with E-state index in [0.29, 0.717) is 23.9 Å². The second kappa shape index (κ2) is 6.05. The lowest BCUT2D eigenvalue weighted by atomic mass is 9.67. The van der Waals surface area contributed by atoms with E-state index in [1.54, 1.807) is 0 Å². The number of hydrogen-bond acceptors (Lipinski definition) is 2. The summed E-state index contributed by atoms with van der Waals surface area (Å²) in [5.41, 5.74) is 0. The standard InChI is InChI=1S/C17H30N2O/c1-12-10-19(11-13(2)18-12)17(20)16-8-7-14-5-3-4-6-15(14)9-16/h12-16,18H,3-11H2,1-2H3. The van der Waals surface area contributed by atoms with E-state index in [1.807, 2.05) is 0 Å². The van der Waals surface area contributed by atoms with E-state index in [0.717, 1.165) is 31.3 Å². The molecule has 0 aromatic rings. The van der Waals surface area contributed by atoms with Crippen LogP contribution in [-0.4, -0.2) is 36.0 Å². The summed E-state index contributed by atoms with van der Waals surface area (Å²) >= 11 is 0. The SMILES string of the molecule is CC1CN(C(=O)C2CCC3CCCCC3C2)CC(C)N1. The summed E-state index contributed by atoms with van der Waals surface area (Å²) in [6.45, 7) is 6.17. The first-order valence-electron chi connectivity index (χ1n) is 8.68. The van der Waals surface area contributed by atoms with Gasteiger partial charge in [-0.3, -0.25) is 4.79 Å². The molecule has 3 nitrogen and oxygen atoms in total. The van der Waals surface area contributed by atoms with Gasteiger partial charge in [0.25, 0.3) is 0 Å². The predicted octanol–water partition coefficient (Wildman–Crippen LogP) is 2.80. The summed E-state index contributed by atoms with van der Waals surface area (Å²) in [6, 6.07) is 0.877. The summed E-state index contributed by atoms with van der Waals surface area (Å²) in [6.07, 6.45) is 9.24. The van der Waals surface area contributed by atoms with Gasteiger partial charge in [0.15, 0.2) is 0 Å². The van der Waals surface area contributed by atoms with E-state index in [9.17, 15) is 4.79 Å². The van der Waals surface area contributed by atoms with E-state index in [-0.39, 0.29) is 0 Å². The van der Waals surface area contributed by atoms with Gasteiger partial charge in [0.2, 0.25) is 5.91 Å². The third-order valence-electron chi connectivity index (χ3n) is 5.76. The summed E-state index contributed by atoms with van der Waals surface area (Å²) in [4.78, 5) is 15.0. The van der Waals surface area contributed by atoms with Crippen molar-refractivity contribution in [2.75, 3.05) is 13.1 Å². The fraction of sp³-hybridized carbons (Fsp3) is 0.941. The predicted molar refractivity (Wildman–Crippen MR) is 81.4 cm³/mol. The molecule has 0 bridgehead atoms. The van der Waals surface area contributed by atoms with Crippen molar-refractivity contribution in [3.63, 3.8) is 0 Å². The number of piperazine rings is 1. The maximum Gasteiger partial charge on any atom is 0.225 e. The summed E-state index contributed by atoms with van der Waals surface area (Å²) in [5.74, 6) is 2.57. The first-order valence-corrected chi connectivity index (χ1v) is 8.68. The number of nitrogens with zero attached hydrogens (tertiary/aromatic N) is 1. The lowest BCUT2D eigenvalue weighted by molar-refractivity contribution is -0.139. The third kappa shape index (κ3) is 3.03. The van der Waals surface area contributed by atoms with E-state index >= 15 is 0 Å². The summed E-state index contributed by atoms with van der Waals surface area (Å²) < 4.78 is 0. The number of hydrogen-bond donors (Lipinski definition) is 1. The molecule has 20 heavy (non-hydrogen) atoms. The molecule has 1 heterocycles. The number of nitrogens with one attached hydrogen (secondary N) is 1. The molecule has 3 rings (SSSR count). The van der Waals surface area contributed by atoms with Crippen LogP contribution in [0.5, 0.6) is 0 Å². The zero-order chi connectivity index (χ0) is 14.1. The minimum absolute atomic E-state index is 0.326. The Hall–Kier alpha value is -0.570. The molecule has 1 N–H and O–H groups in total. The van der Waals surface area contributed by atoms with Crippen molar-refractivity contribution in [2.45, 2.75) is 70.9 Å². The van der Waals surface area contributed by atoms with Gasteiger partial charge < -0.3 is 10.2 Å². The normalized spacial score (nSPS) is 42.1. The van der Waals surface area contributed by atoms with Crippen LogP contribution in [0.3, 0.4) is 0 Å². The van der Waals surface area contributed by atoms with E-state index < -0.39 is 0 Å². The highest BCUT2D eigenvalue weighted by atomic mass is 16.2. The third-order valence-corrected chi connectivity index (χ3v) is 5.76. The second-order valence-corrected chi connectivity index (χ2v) is 7.53. The summed E-state index contributed by atoms with van der Waals surface area (Å²) in [7, 11) is 0. The smallest absolute Gasteiger partial charge is 0.225 e. The van der Waals surface area contributed by atoms with Crippen molar-refractivity contribution in [2.24, 2.45) is 17.8 Å². The molecule has 0 aromatic carbocycles. The van der Waals surface area contributed by atoms with Gasteiger partial charge in [-0.15, -0.1) is 0 Å². The molecule has 1 amide bonds. The molecule has 1 aliphatic heterocycles. The fourth-order valence-electron chi connectivity index (χ4n) is 4.86. The summed E-state index contributed by atoms with van der Waals surface area (Å²) in [5, 5.41) is 3.52. The molecule has 3 heteroatoms. The molecule has 114 valence electrons. The number of carbonyl (C=O) groups is 1. The largest absolute Gasteiger partial charge is 0.339 e. The Kier molecular flexibility index (Phi) is 4.34. The Bertz CT molecular complexity index is 347. The highest BCUT2D eigenvalue weighted by Crippen LogP contribution is 2.43. The average molecular weight is 278 g/mol. The highest BCUT2D eigenvalue weighted by molar-refractivity contribution is 5.79.